The second-order valence-electron chi connectivity index (χ2n) is 6.95. The molecule has 32 heavy (non-hydrogen) atoms. The zero-order chi connectivity index (χ0) is 23.7. The van der Waals surface area contributed by atoms with Gasteiger partial charge in [0.05, 0.1) is 0 Å². The van der Waals surface area contributed by atoms with Crippen LogP contribution in [0.3, 0.4) is 0 Å². The summed E-state index contributed by atoms with van der Waals surface area (Å²) in [5.41, 5.74) is 4.42. The summed E-state index contributed by atoms with van der Waals surface area (Å²) in [5.74, 6) is -2.06. The van der Waals surface area contributed by atoms with E-state index < -0.39 is 42.2 Å². The van der Waals surface area contributed by atoms with Gasteiger partial charge in [0.15, 0.2) is 18.9 Å². The first-order valence-corrected chi connectivity index (χ1v) is 10.2. The molecule has 3 N–H and O–H groups in total. The van der Waals surface area contributed by atoms with E-state index in [4.69, 9.17) is 15.2 Å². The molecular weight excluding hydrogens is 423 g/mol. The Hall–Kier alpha value is -3.63. The van der Waals surface area contributed by atoms with Crippen molar-refractivity contribution in [2.75, 3.05) is 30.4 Å². The van der Waals surface area contributed by atoms with Gasteiger partial charge in [-0.1, -0.05) is 26.3 Å². The van der Waals surface area contributed by atoms with Gasteiger partial charge in [-0.25, -0.2) is 14.0 Å². The fourth-order valence-electron chi connectivity index (χ4n) is 2.92. The maximum Gasteiger partial charge on any atom is 0.344 e. The topological polar surface area (TPSA) is 137 Å². The number of unbranched alkanes of at least 4 members (excludes halogenated alkanes) is 1. The van der Waals surface area contributed by atoms with Gasteiger partial charge in [0.2, 0.25) is 0 Å². The molecule has 0 radical (unpaired) electrons. The average molecular weight is 450 g/mol. The molecule has 0 aliphatic carbocycles. The van der Waals surface area contributed by atoms with E-state index in [9.17, 15) is 23.6 Å². The van der Waals surface area contributed by atoms with Crippen LogP contribution in [0.2, 0.25) is 0 Å². The molecular formula is C21H27FN4O6. The normalized spacial score (nSPS) is 10.6. The van der Waals surface area contributed by atoms with E-state index in [1.54, 1.807) is 0 Å². The van der Waals surface area contributed by atoms with Crippen LogP contribution in [0.4, 0.5) is 15.9 Å². The summed E-state index contributed by atoms with van der Waals surface area (Å²) in [6, 6.07) is 5.22. The van der Waals surface area contributed by atoms with E-state index >= 15 is 0 Å². The van der Waals surface area contributed by atoms with E-state index in [0.29, 0.717) is 12.8 Å². The molecule has 11 heteroatoms. The molecule has 1 aromatic heterocycles. The number of ether oxygens (including phenoxy) is 2. The number of aromatic nitrogens is 2. The van der Waals surface area contributed by atoms with Crippen molar-refractivity contribution >= 4 is 23.4 Å². The fraction of sp³-hybridized carbons (Fsp3) is 0.429. The Kier molecular flexibility index (Phi) is 8.99. The standard InChI is InChI=1S/C21H27FN4O6/c1-3-5-10-25(18-19(23)26(9-4-2)21(30)24-20(18)29)16(27)12-32-17(28)13-31-15-8-6-7-14(22)11-15/h6-8,11H,3-5,9-10,12-13,23H2,1-2H3,(H,24,29,30). The molecule has 0 fully saturated rings. The number of nitrogens with one attached hydrogen (secondary N) is 1. The molecule has 174 valence electrons. The molecule has 0 bridgehead atoms. The average Bonchev–Trinajstić information content (AvgIpc) is 2.75. The van der Waals surface area contributed by atoms with Gasteiger partial charge in [-0.2, -0.15) is 0 Å². The minimum Gasteiger partial charge on any atom is -0.482 e. The quantitative estimate of drug-likeness (QED) is 0.494. The number of nitrogens with zero attached hydrogens (tertiary/aromatic N) is 2. The molecule has 0 spiro atoms. The lowest BCUT2D eigenvalue weighted by Gasteiger charge is -2.24. The van der Waals surface area contributed by atoms with Crippen molar-refractivity contribution in [3.05, 3.63) is 50.9 Å². The molecule has 2 rings (SSSR count). The van der Waals surface area contributed by atoms with Crippen LogP contribution in [0.5, 0.6) is 5.75 Å². The predicted molar refractivity (Wildman–Crippen MR) is 116 cm³/mol. The summed E-state index contributed by atoms with van der Waals surface area (Å²) in [6.07, 6.45) is 1.85. The Morgan fingerprint density at radius 3 is 2.59 bits per heavy atom. The summed E-state index contributed by atoms with van der Waals surface area (Å²) >= 11 is 0. The van der Waals surface area contributed by atoms with E-state index in [-0.39, 0.29) is 30.3 Å². The Bertz CT molecular complexity index is 1060. The van der Waals surface area contributed by atoms with Crippen LogP contribution in [0.25, 0.3) is 0 Å². The molecule has 0 aliphatic rings. The van der Waals surface area contributed by atoms with Crippen molar-refractivity contribution < 1.29 is 23.5 Å². The van der Waals surface area contributed by atoms with Crippen LogP contribution in [0.15, 0.2) is 33.9 Å². The Labute approximate surface area is 183 Å². The maximum atomic E-state index is 13.2. The highest BCUT2D eigenvalue weighted by molar-refractivity contribution is 5.97. The molecule has 0 aliphatic heterocycles. The Balaban J connectivity index is 2.13. The zero-order valence-corrected chi connectivity index (χ0v) is 18.1. The molecule has 2 aromatic rings. The Morgan fingerprint density at radius 2 is 1.94 bits per heavy atom. The first-order chi connectivity index (χ1) is 15.3. The number of amides is 1. The van der Waals surface area contributed by atoms with Crippen LogP contribution >= 0.6 is 0 Å². The predicted octanol–water partition coefficient (Wildman–Crippen LogP) is 1.42. The van der Waals surface area contributed by atoms with Gasteiger partial charge in [-0.15, -0.1) is 0 Å². The van der Waals surface area contributed by atoms with E-state index in [2.05, 4.69) is 4.98 Å². The second kappa shape index (κ2) is 11.7. The van der Waals surface area contributed by atoms with Gasteiger partial charge in [0.1, 0.15) is 17.4 Å². The summed E-state index contributed by atoms with van der Waals surface area (Å²) in [6.45, 7) is 2.94. The summed E-state index contributed by atoms with van der Waals surface area (Å²) in [4.78, 5) is 52.5. The largest absolute Gasteiger partial charge is 0.482 e. The number of hydrogen-bond acceptors (Lipinski definition) is 7. The van der Waals surface area contributed by atoms with Crippen LogP contribution in [0.1, 0.15) is 33.1 Å². The third kappa shape index (κ3) is 6.43. The third-order valence-corrected chi connectivity index (χ3v) is 4.48. The first-order valence-electron chi connectivity index (χ1n) is 10.2. The van der Waals surface area contributed by atoms with Crippen molar-refractivity contribution in [2.45, 2.75) is 39.7 Å². The van der Waals surface area contributed by atoms with Crippen LogP contribution in [0, 0.1) is 5.82 Å². The van der Waals surface area contributed by atoms with Gasteiger partial charge >= 0.3 is 11.7 Å². The molecule has 1 heterocycles. The number of halogens is 1. The number of rotatable bonds is 11. The number of nitrogen functional groups attached to an aromatic ring is 1. The number of H-pyrrole nitrogens is 1. The minimum absolute atomic E-state index is 0.134. The van der Waals surface area contributed by atoms with Crippen molar-refractivity contribution in [3.63, 3.8) is 0 Å². The van der Waals surface area contributed by atoms with E-state index in [1.165, 1.54) is 22.8 Å². The summed E-state index contributed by atoms with van der Waals surface area (Å²) in [5, 5.41) is 0. The number of anilines is 2. The zero-order valence-electron chi connectivity index (χ0n) is 18.1. The highest BCUT2D eigenvalue weighted by atomic mass is 19.1. The number of aromatic amines is 1. The molecule has 0 unspecified atom stereocenters. The van der Waals surface area contributed by atoms with Crippen LogP contribution in [-0.2, 0) is 20.9 Å². The van der Waals surface area contributed by atoms with Crippen LogP contribution in [-0.4, -0.2) is 41.2 Å². The second-order valence-corrected chi connectivity index (χ2v) is 6.95. The number of carbonyl (C=O) groups is 2. The molecule has 1 amide bonds. The van der Waals surface area contributed by atoms with Gasteiger partial charge in [-0.05, 0) is 25.0 Å². The summed E-state index contributed by atoms with van der Waals surface area (Å²) < 4.78 is 24.4. The fourth-order valence-corrected chi connectivity index (χ4v) is 2.92. The van der Waals surface area contributed by atoms with E-state index in [0.717, 1.165) is 17.4 Å². The van der Waals surface area contributed by atoms with Gasteiger partial charge in [-0.3, -0.25) is 19.1 Å². The van der Waals surface area contributed by atoms with Gasteiger partial charge in [0, 0.05) is 19.2 Å². The highest BCUT2D eigenvalue weighted by Gasteiger charge is 2.24. The number of benzene rings is 1. The number of hydrogen-bond donors (Lipinski definition) is 2. The molecule has 0 saturated carbocycles. The number of nitrogens with two attached hydrogens (primary N) is 1. The first kappa shape index (κ1) is 24.6. The van der Waals surface area contributed by atoms with Gasteiger partial charge < -0.3 is 20.1 Å². The number of esters is 1. The number of carbonyl (C=O) groups excluding carboxylic acids is 2. The summed E-state index contributed by atoms with van der Waals surface area (Å²) in [7, 11) is 0. The lowest BCUT2D eigenvalue weighted by atomic mass is 10.2. The highest BCUT2D eigenvalue weighted by Crippen LogP contribution is 2.18. The minimum atomic E-state index is -0.851. The Morgan fingerprint density at radius 1 is 1.19 bits per heavy atom. The van der Waals surface area contributed by atoms with Crippen molar-refractivity contribution in [1.29, 1.82) is 0 Å². The molecule has 0 atom stereocenters. The lowest BCUT2D eigenvalue weighted by molar-refractivity contribution is -0.149. The third-order valence-electron chi connectivity index (χ3n) is 4.48. The molecule has 1 aromatic carbocycles. The molecule has 0 saturated heterocycles. The van der Waals surface area contributed by atoms with Crippen molar-refractivity contribution in [3.8, 4) is 5.75 Å². The van der Waals surface area contributed by atoms with Gasteiger partial charge in [0.25, 0.3) is 11.5 Å². The SMILES string of the molecule is CCCCN(C(=O)COC(=O)COc1cccc(F)c1)c1c(N)n(CCC)c(=O)[nH]c1=O. The van der Waals surface area contributed by atoms with Crippen LogP contribution < -0.4 is 26.6 Å². The maximum absolute atomic E-state index is 13.2. The monoisotopic (exact) mass is 450 g/mol. The van der Waals surface area contributed by atoms with E-state index in [1.807, 2.05) is 13.8 Å². The smallest absolute Gasteiger partial charge is 0.344 e. The van der Waals surface area contributed by atoms with Crippen molar-refractivity contribution in [2.24, 2.45) is 0 Å². The van der Waals surface area contributed by atoms with Crippen molar-refractivity contribution in [1.82, 2.24) is 9.55 Å². The molecule has 10 nitrogen and oxygen atoms in total. The lowest BCUT2D eigenvalue weighted by Crippen LogP contribution is -2.43.